The largest absolute Gasteiger partial charge is 1.00 e. The first-order chi connectivity index (χ1) is 11.8. The van der Waals surface area contributed by atoms with Gasteiger partial charge < -0.3 is 70.9 Å². The van der Waals surface area contributed by atoms with Crippen LogP contribution in [0, 0.1) is 0 Å². The molecule has 0 aromatic heterocycles. The van der Waals surface area contributed by atoms with Crippen molar-refractivity contribution in [3.05, 3.63) is 0 Å². The molecule has 0 unspecified atom stereocenters. The third-order valence-corrected chi connectivity index (χ3v) is 2.99. The number of carbonyl (C=O) groups is 2. The first-order valence-electron chi connectivity index (χ1n) is 6.91. The minimum absolute atomic E-state index is 0. The average Bonchev–Trinajstić information content (AvgIpc) is 2.62. The summed E-state index contributed by atoms with van der Waals surface area (Å²) in [5.74, 6) is -3.95. The van der Waals surface area contributed by atoms with Crippen LogP contribution in [0.1, 0.15) is 0 Å². The number of aliphatic hydroxyl groups excluding tert-OH is 10. The number of aliphatic hydroxyl groups is 10. The molecule has 14 nitrogen and oxygen atoms in total. The number of carbonyl (C=O) groups excluding carboxylic acids is 2. The van der Waals surface area contributed by atoms with E-state index in [4.69, 9.17) is 51.1 Å². The Morgan fingerprint density at radius 2 is 0.821 bits per heavy atom. The fourth-order valence-corrected chi connectivity index (χ4v) is 1.32. The Labute approximate surface area is 266 Å². The maximum absolute atomic E-state index is 9.98. The van der Waals surface area contributed by atoms with Crippen molar-refractivity contribution in [3.63, 3.8) is 0 Å². The molecule has 8 atom stereocenters. The van der Waals surface area contributed by atoms with E-state index in [-0.39, 0.29) is 127 Å². The van der Waals surface area contributed by atoms with Gasteiger partial charge in [-0.3, -0.25) is 0 Å². The maximum atomic E-state index is 9.98. The Bertz CT molecular complexity index is 391. The third kappa shape index (κ3) is 14.5. The second-order valence-corrected chi connectivity index (χ2v) is 4.99. The van der Waals surface area contributed by atoms with Crippen molar-refractivity contribution in [2.45, 2.75) is 48.8 Å². The number of rotatable bonds is 10. The first-order valence-corrected chi connectivity index (χ1v) is 6.91. The molecule has 0 amide bonds. The van der Waals surface area contributed by atoms with Gasteiger partial charge in [0.1, 0.15) is 48.8 Å². The van der Waals surface area contributed by atoms with Gasteiger partial charge in [-0.25, -0.2) is 0 Å². The van der Waals surface area contributed by atoms with Gasteiger partial charge in [-0.1, -0.05) is 0 Å². The molecule has 16 heteroatoms. The van der Waals surface area contributed by atoms with Gasteiger partial charge in [-0.2, -0.15) is 0 Å². The molecule has 0 saturated carbocycles. The van der Waals surface area contributed by atoms with Crippen LogP contribution in [-0.4, -0.2) is 125 Å². The van der Waals surface area contributed by atoms with Gasteiger partial charge in [0, 0.05) is 0 Å². The summed E-state index contributed by atoms with van der Waals surface area (Å²) >= 11 is 0. The van der Waals surface area contributed by atoms with Crippen LogP contribution in [0.4, 0.5) is 0 Å². The number of aliphatic carboxylic acids is 2. The fourth-order valence-electron chi connectivity index (χ4n) is 1.32. The Morgan fingerprint density at radius 3 is 0.964 bits per heavy atom. The third-order valence-electron chi connectivity index (χ3n) is 2.99. The van der Waals surface area contributed by atoms with Crippen molar-refractivity contribution in [1.82, 2.24) is 0 Å². The van der Waals surface area contributed by atoms with Gasteiger partial charge in [0.2, 0.25) is 0 Å². The molecule has 28 heavy (non-hydrogen) atoms. The second-order valence-electron chi connectivity index (χ2n) is 4.99. The van der Waals surface area contributed by atoms with E-state index in [1.165, 1.54) is 0 Å². The molecule has 0 heterocycles. The molecule has 0 bridgehead atoms. The number of carboxylic acids is 2. The topological polar surface area (TPSA) is 283 Å². The number of hydrogen-bond acceptors (Lipinski definition) is 14. The summed E-state index contributed by atoms with van der Waals surface area (Å²) in [5, 5.41) is 107. The van der Waals surface area contributed by atoms with E-state index in [2.05, 4.69) is 0 Å². The smallest absolute Gasteiger partial charge is 0.547 e. The van der Waals surface area contributed by atoms with Crippen molar-refractivity contribution in [2.24, 2.45) is 0 Å². The van der Waals surface area contributed by atoms with E-state index in [0.717, 1.165) is 0 Å². The summed E-state index contributed by atoms with van der Waals surface area (Å²) in [4.78, 5) is 20.0. The minimum atomic E-state index is -2.31. The molecule has 0 aliphatic heterocycles. The van der Waals surface area contributed by atoms with Crippen LogP contribution in [0.2, 0.25) is 0 Å². The van der Waals surface area contributed by atoms with Crippen LogP contribution < -0.4 is 137 Å². The van der Waals surface area contributed by atoms with Crippen LogP contribution in [0.25, 0.3) is 0 Å². The van der Waals surface area contributed by atoms with E-state index in [9.17, 15) is 19.8 Å². The normalized spacial score (nSPS) is 18.9. The molecule has 10 N–H and O–H groups in total. The van der Waals surface area contributed by atoms with Crippen molar-refractivity contribution in [2.75, 3.05) is 13.2 Å². The van der Waals surface area contributed by atoms with Gasteiger partial charge in [0.15, 0.2) is 0 Å². The Kier molecular flexibility index (Phi) is 27.0. The molecule has 156 valence electrons. The summed E-state index contributed by atoms with van der Waals surface area (Å²) in [6.07, 6.45) is -16.2. The average molecular weight is 609 g/mol. The van der Waals surface area contributed by atoms with E-state index in [1.807, 2.05) is 0 Å². The van der Waals surface area contributed by atoms with E-state index < -0.39 is 74.0 Å². The van der Waals surface area contributed by atoms with Crippen LogP contribution in [-0.2, 0) is 9.59 Å². The van der Waals surface area contributed by atoms with E-state index >= 15 is 0 Å². The second kappa shape index (κ2) is 20.0. The number of carboxylic acid groups (broad SMARTS) is 2. The molecule has 0 aliphatic rings. The Morgan fingerprint density at radius 1 is 0.607 bits per heavy atom. The molecule has 0 spiro atoms. The van der Waals surface area contributed by atoms with Crippen molar-refractivity contribution >= 4 is 11.9 Å². The molecular formula is C12H22CsO14Rb. The molecule has 0 aromatic carbocycles. The maximum Gasteiger partial charge on any atom is 1.00 e. The first kappa shape index (κ1) is 37.7. The monoisotopic (exact) mass is 608 g/mol. The predicted molar refractivity (Wildman–Crippen MR) is 72.2 cm³/mol. The molecule has 0 aliphatic carbocycles. The standard InChI is InChI=1S/2C6H12O7.Cs.Rb/c2*7-1-2(8)3(9)4(10)5(11)6(12)13;;/h2*2-5,7-11H,1H2,(H,12,13);;/q;;2*+1/p-2/t2*2-,3-,4+,5-;;/m11../s1. The van der Waals surface area contributed by atoms with Crippen molar-refractivity contribution in [1.29, 1.82) is 0 Å². The zero-order valence-electron chi connectivity index (χ0n) is 15.1. The molecule has 0 saturated heterocycles. The van der Waals surface area contributed by atoms with Crippen LogP contribution >= 0.6 is 0 Å². The quantitative estimate of drug-likeness (QED) is 0.110. The minimum Gasteiger partial charge on any atom is -0.547 e. The van der Waals surface area contributed by atoms with Crippen molar-refractivity contribution in [3.8, 4) is 0 Å². The molecule has 0 fully saturated rings. The predicted octanol–water partition coefficient (Wildman–Crippen LogP) is -15.6. The van der Waals surface area contributed by atoms with Gasteiger partial charge in [0.25, 0.3) is 0 Å². The molecule has 0 aromatic rings. The summed E-state index contributed by atoms with van der Waals surface area (Å²) in [7, 11) is 0. The zero-order chi connectivity index (χ0) is 21.2. The van der Waals surface area contributed by atoms with Crippen molar-refractivity contribution < 1.29 is 198 Å². The summed E-state index contributed by atoms with van der Waals surface area (Å²) < 4.78 is 0. The SMILES string of the molecule is O=C([O-])[C@H](O)[C@@H](O)[C@H](O)[C@H](O)CO.O=C([O-])[C@H](O)[C@@H](O)[C@H](O)[C@H](O)CO.[Cs+].[Rb+]. The van der Waals surface area contributed by atoms with Crippen LogP contribution in [0.15, 0.2) is 0 Å². The van der Waals surface area contributed by atoms with Gasteiger partial charge in [0.05, 0.1) is 25.2 Å². The zero-order valence-corrected chi connectivity index (χ0v) is 26.3. The van der Waals surface area contributed by atoms with Crippen LogP contribution in [0.5, 0.6) is 0 Å². The Hall–Kier alpha value is 2.40. The van der Waals surface area contributed by atoms with Crippen LogP contribution in [0.3, 0.4) is 0 Å². The van der Waals surface area contributed by atoms with Gasteiger partial charge in [-0.15, -0.1) is 0 Å². The molecule has 0 rings (SSSR count). The van der Waals surface area contributed by atoms with Gasteiger partial charge in [-0.05, 0) is 0 Å². The summed E-state index contributed by atoms with van der Waals surface area (Å²) in [6.45, 7) is -1.73. The number of hydrogen-bond donors (Lipinski definition) is 10. The Balaban J connectivity index is -0.000000192. The fraction of sp³-hybridized carbons (Fsp3) is 0.833. The molecule has 0 radical (unpaired) electrons. The van der Waals surface area contributed by atoms with Gasteiger partial charge >= 0.3 is 127 Å². The van der Waals surface area contributed by atoms with E-state index in [0.29, 0.717) is 0 Å². The summed E-state index contributed by atoms with van der Waals surface area (Å²) in [6, 6.07) is 0. The van der Waals surface area contributed by atoms with E-state index in [1.54, 1.807) is 0 Å². The molecular weight excluding hydrogens is 586 g/mol. The summed E-state index contributed by atoms with van der Waals surface area (Å²) in [5.41, 5.74) is 0.